The summed E-state index contributed by atoms with van der Waals surface area (Å²) in [5.74, 6) is 0.222. The molecule has 0 aliphatic rings. The summed E-state index contributed by atoms with van der Waals surface area (Å²) in [6.45, 7) is 4.87. The van der Waals surface area contributed by atoms with Gasteiger partial charge in [0.25, 0.3) is 0 Å². The Morgan fingerprint density at radius 2 is 1.68 bits per heavy atom. The highest BCUT2D eigenvalue weighted by Gasteiger charge is 2.12. The first-order valence-corrected chi connectivity index (χ1v) is 6.62. The molecule has 0 aliphatic heterocycles. The average Bonchev–Trinajstić information content (AvgIpc) is 2.87. The zero-order valence-corrected chi connectivity index (χ0v) is 11.5. The molecule has 0 saturated carbocycles. The monoisotopic (exact) mass is 259 g/mol. The van der Waals surface area contributed by atoms with Crippen LogP contribution in [-0.2, 0) is 13.2 Å². The number of hydrogen-bond acceptors (Lipinski definition) is 2. The van der Waals surface area contributed by atoms with Gasteiger partial charge in [-0.3, -0.25) is 0 Å². The summed E-state index contributed by atoms with van der Waals surface area (Å²) >= 11 is 0. The summed E-state index contributed by atoms with van der Waals surface area (Å²) in [6.07, 6.45) is 3.57. The molecule has 0 saturated heterocycles. The number of benzene rings is 1. The second-order valence-corrected chi connectivity index (χ2v) is 5.28. The predicted molar refractivity (Wildman–Crippen MR) is 75.7 cm³/mol. The third kappa shape index (κ3) is 3.46. The molecule has 1 aromatic heterocycles. The van der Waals surface area contributed by atoms with Gasteiger partial charge in [-0.1, -0.05) is 38.1 Å². The van der Waals surface area contributed by atoms with Crippen molar-refractivity contribution < 1.29 is 10.2 Å². The Bertz CT molecular complexity index is 514. The molecule has 19 heavy (non-hydrogen) atoms. The Morgan fingerprint density at radius 1 is 1.05 bits per heavy atom. The van der Waals surface area contributed by atoms with E-state index in [0.29, 0.717) is 0 Å². The van der Waals surface area contributed by atoms with E-state index in [-0.39, 0.29) is 12.5 Å². The van der Waals surface area contributed by atoms with E-state index in [1.54, 1.807) is 0 Å². The van der Waals surface area contributed by atoms with E-state index in [1.807, 2.05) is 56.6 Å². The molecule has 0 spiro atoms. The summed E-state index contributed by atoms with van der Waals surface area (Å²) in [7, 11) is 0. The molecule has 1 aromatic carbocycles. The Morgan fingerprint density at radius 3 is 2.26 bits per heavy atom. The summed E-state index contributed by atoms with van der Waals surface area (Å²) in [4.78, 5) is 0. The Balaban J connectivity index is 2.06. The molecule has 0 fully saturated rings. The second-order valence-electron chi connectivity index (χ2n) is 5.28. The average molecular weight is 259 g/mol. The van der Waals surface area contributed by atoms with Crippen molar-refractivity contribution in [2.75, 3.05) is 0 Å². The van der Waals surface area contributed by atoms with E-state index in [4.69, 9.17) is 5.11 Å². The summed E-state index contributed by atoms with van der Waals surface area (Å²) < 4.78 is 2.06. The van der Waals surface area contributed by atoms with E-state index in [0.717, 1.165) is 17.7 Å². The number of hydrogen-bond donors (Lipinski definition) is 2. The minimum absolute atomic E-state index is 0.0779. The maximum Gasteiger partial charge on any atom is 0.0827 e. The highest BCUT2D eigenvalue weighted by atomic mass is 16.3. The topological polar surface area (TPSA) is 45.4 Å². The van der Waals surface area contributed by atoms with Crippen molar-refractivity contribution in [3.63, 3.8) is 0 Å². The summed E-state index contributed by atoms with van der Waals surface area (Å²) in [5, 5.41) is 19.0. The standard InChI is InChI=1S/C16H21NO2/c1-12(2)16(19)15-7-8-17(10-15)9-13-3-5-14(11-18)6-4-13/h3-8,10,12,16,18-19H,9,11H2,1-2H3. The summed E-state index contributed by atoms with van der Waals surface area (Å²) in [5.41, 5.74) is 3.06. The molecule has 2 aromatic rings. The molecular formula is C16H21NO2. The van der Waals surface area contributed by atoms with Gasteiger partial charge in [0, 0.05) is 18.9 Å². The van der Waals surface area contributed by atoms with Crippen LogP contribution in [0.25, 0.3) is 0 Å². The van der Waals surface area contributed by atoms with Crippen LogP contribution in [0.4, 0.5) is 0 Å². The Hall–Kier alpha value is -1.58. The molecule has 1 atom stereocenters. The molecule has 3 nitrogen and oxygen atoms in total. The van der Waals surface area contributed by atoms with Gasteiger partial charge in [-0.2, -0.15) is 0 Å². The molecule has 0 bridgehead atoms. The van der Waals surface area contributed by atoms with Gasteiger partial charge in [0.2, 0.25) is 0 Å². The third-order valence-electron chi connectivity index (χ3n) is 3.32. The molecule has 3 heteroatoms. The van der Waals surface area contributed by atoms with E-state index >= 15 is 0 Å². The lowest BCUT2D eigenvalue weighted by Gasteiger charge is -2.12. The molecule has 0 aliphatic carbocycles. The first-order chi connectivity index (χ1) is 9.10. The van der Waals surface area contributed by atoms with Crippen LogP contribution in [0.5, 0.6) is 0 Å². The van der Waals surface area contributed by atoms with Crippen LogP contribution in [0.15, 0.2) is 42.7 Å². The van der Waals surface area contributed by atoms with Crippen molar-refractivity contribution in [2.24, 2.45) is 5.92 Å². The maximum absolute atomic E-state index is 10.0. The molecular weight excluding hydrogens is 238 g/mol. The molecule has 2 N–H and O–H groups in total. The van der Waals surface area contributed by atoms with Gasteiger partial charge in [0.05, 0.1) is 12.7 Å². The van der Waals surface area contributed by atoms with Crippen LogP contribution in [-0.4, -0.2) is 14.8 Å². The number of nitrogens with zero attached hydrogens (tertiary/aromatic N) is 1. The van der Waals surface area contributed by atoms with Gasteiger partial charge in [0.1, 0.15) is 0 Å². The van der Waals surface area contributed by atoms with Gasteiger partial charge in [-0.05, 0) is 28.7 Å². The maximum atomic E-state index is 10.0. The zero-order valence-electron chi connectivity index (χ0n) is 11.5. The smallest absolute Gasteiger partial charge is 0.0827 e. The third-order valence-corrected chi connectivity index (χ3v) is 3.32. The number of aliphatic hydroxyl groups excluding tert-OH is 2. The quantitative estimate of drug-likeness (QED) is 0.867. The van der Waals surface area contributed by atoms with Gasteiger partial charge in [-0.15, -0.1) is 0 Å². The Labute approximate surface area is 114 Å². The minimum Gasteiger partial charge on any atom is -0.392 e. The van der Waals surface area contributed by atoms with Crippen LogP contribution in [0.3, 0.4) is 0 Å². The number of aromatic nitrogens is 1. The predicted octanol–water partition coefficient (Wildman–Crippen LogP) is 2.72. The number of aliphatic hydroxyl groups is 2. The van der Waals surface area contributed by atoms with E-state index in [2.05, 4.69) is 4.57 Å². The van der Waals surface area contributed by atoms with Gasteiger partial charge < -0.3 is 14.8 Å². The first kappa shape index (κ1) is 13.8. The van der Waals surface area contributed by atoms with E-state index < -0.39 is 6.10 Å². The van der Waals surface area contributed by atoms with Crippen LogP contribution in [0.2, 0.25) is 0 Å². The lowest BCUT2D eigenvalue weighted by Crippen LogP contribution is -2.04. The van der Waals surface area contributed by atoms with Gasteiger partial charge in [-0.25, -0.2) is 0 Å². The molecule has 0 amide bonds. The number of rotatable bonds is 5. The molecule has 0 radical (unpaired) electrons. The Kier molecular flexibility index (Phi) is 4.40. The van der Waals surface area contributed by atoms with Gasteiger partial charge in [0.15, 0.2) is 0 Å². The highest BCUT2D eigenvalue weighted by Crippen LogP contribution is 2.21. The van der Waals surface area contributed by atoms with E-state index in [9.17, 15) is 5.11 Å². The highest BCUT2D eigenvalue weighted by molar-refractivity contribution is 5.23. The van der Waals surface area contributed by atoms with Crippen molar-refractivity contribution in [3.8, 4) is 0 Å². The van der Waals surface area contributed by atoms with Gasteiger partial charge >= 0.3 is 0 Å². The lowest BCUT2D eigenvalue weighted by molar-refractivity contribution is 0.127. The van der Waals surface area contributed by atoms with Crippen LogP contribution in [0.1, 0.15) is 36.6 Å². The molecule has 102 valence electrons. The summed E-state index contributed by atoms with van der Waals surface area (Å²) in [6, 6.07) is 9.87. The normalized spacial score (nSPS) is 12.9. The molecule has 1 heterocycles. The second kappa shape index (κ2) is 6.04. The molecule has 1 unspecified atom stereocenters. The van der Waals surface area contributed by atoms with Crippen molar-refractivity contribution in [1.82, 2.24) is 4.57 Å². The van der Waals surface area contributed by atoms with Crippen molar-refractivity contribution >= 4 is 0 Å². The van der Waals surface area contributed by atoms with Crippen LogP contribution >= 0.6 is 0 Å². The van der Waals surface area contributed by atoms with Crippen LogP contribution in [0, 0.1) is 5.92 Å². The molecule has 2 rings (SSSR count). The van der Waals surface area contributed by atoms with Crippen molar-refractivity contribution in [1.29, 1.82) is 0 Å². The first-order valence-electron chi connectivity index (χ1n) is 6.62. The van der Waals surface area contributed by atoms with E-state index in [1.165, 1.54) is 5.56 Å². The zero-order chi connectivity index (χ0) is 13.8. The fourth-order valence-electron chi connectivity index (χ4n) is 2.08. The van der Waals surface area contributed by atoms with Crippen molar-refractivity contribution in [2.45, 2.75) is 33.1 Å². The SMILES string of the molecule is CC(C)C(O)c1ccn(Cc2ccc(CO)cc2)c1. The minimum atomic E-state index is -0.405. The van der Waals surface area contributed by atoms with Crippen molar-refractivity contribution in [3.05, 3.63) is 59.4 Å². The lowest BCUT2D eigenvalue weighted by atomic mass is 10.0. The van der Waals surface area contributed by atoms with Crippen LogP contribution < -0.4 is 0 Å². The fourth-order valence-corrected chi connectivity index (χ4v) is 2.08. The largest absolute Gasteiger partial charge is 0.392 e. The fraction of sp³-hybridized carbons (Fsp3) is 0.375.